The zero-order valence-corrected chi connectivity index (χ0v) is 14.9. The predicted molar refractivity (Wildman–Crippen MR) is 96.3 cm³/mol. The van der Waals surface area contributed by atoms with E-state index in [4.69, 9.17) is 0 Å². The Balaban J connectivity index is 1.72. The smallest absolute Gasteiger partial charge is 0.251 e. The highest BCUT2D eigenvalue weighted by Crippen LogP contribution is 2.22. The maximum absolute atomic E-state index is 12.5. The van der Waals surface area contributed by atoms with Gasteiger partial charge in [-0.05, 0) is 50.7 Å². The number of carbonyl (C=O) groups excluding carboxylic acids is 1. The largest absolute Gasteiger partial charge is 0.350 e. The predicted octanol–water partition coefficient (Wildman–Crippen LogP) is 2.55. The molecule has 0 aliphatic heterocycles. The van der Waals surface area contributed by atoms with Crippen LogP contribution in [0.5, 0.6) is 0 Å². The summed E-state index contributed by atoms with van der Waals surface area (Å²) in [4.78, 5) is 15.8. The molecular weight excluding hydrogens is 322 g/mol. The number of rotatable bonds is 6. The number of amides is 1. The lowest BCUT2D eigenvalue weighted by Gasteiger charge is -2.23. The van der Waals surface area contributed by atoms with Gasteiger partial charge in [0.1, 0.15) is 5.52 Å². The van der Waals surface area contributed by atoms with Crippen LogP contribution in [0.4, 0.5) is 0 Å². The van der Waals surface area contributed by atoms with Gasteiger partial charge < -0.3 is 10.2 Å². The lowest BCUT2D eigenvalue weighted by Crippen LogP contribution is -2.34. The van der Waals surface area contributed by atoms with Crippen LogP contribution in [0.2, 0.25) is 0 Å². The molecule has 24 heavy (non-hydrogen) atoms. The SMILES string of the molecule is CCn1nnc2cc(C(=O)NC[C@@H](c3cccs3)N(C)C)ccc21. The first-order chi connectivity index (χ1) is 11.6. The van der Waals surface area contributed by atoms with Crippen LogP contribution in [0.3, 0.4) is 0 Å². The first-order valence-electron chi connectivity index (χ1n) is 7.91. The van der Waals surface area contributed by atoms with Crippen molar-refractivity contribution in [2.75, 3.05) is 20.6 Å². The number of carbonyl (C=O) groups is 1. The second-order valence-corrected chi connectivity index (χ2v) is 6.79. The highest BCUT2D eigenvalue weighted by molar-refractivity contribution is 7.10. The van der Waals surface area contributed by atoms with Gasteiger partial charge in [0, 0.05) is 23.5 Å². The van der Waals surface area contributed by atoms with Crippen LogP contribution in [0.25, 0.3) is 11.0 Å². The van der Waals surface area contributed by atoms with Crippen LogP contribution in [0.15, 0.2) is 35.7 Å². The number of nitrogens with one attached hydrogen (secondary N) is 1. The third kappa shape index (κ3) is 3.32. The number of hydrogen-bond donors (Lipinski definition) is 1. The van der Waals surface area contributed by atoms with Gasteiger partial charge in [-0.2, -0.15) is 0 Å². The Kier molecular flexibility index (Phi) is 4.92. The summed E-state index contributed by atoms with van der Waals surface area (Å²) in [5.41, 5.74) is 2.29. The summed E-state index contributed by atoms with van der Waals surface area (Å²) >= 11 is 1.70. The van der Waals surface area contributed by atoms with E-state index in [0.717, 1.165) is 17.6 Å². The Morgan fingerprint density at radius 2 is 2.21 bits per heavy atom. The van der Waals surface area contributed by atoms with Gasteiger partial charge >= 0.3 is 0 Å². The van der Waals surface area contributed by atoms with Crippen molar-refractivity contribution in [3.8, 4) is 0 Å². The molecular formula is C17H21N5OS. The topological polar surface area (TPSA) is 63.1 Å². The minimum atomic E-state index is -0.0913. The molecule has 0 aliphatic rings. The van der Waals surface area contributed by atoms with Gasteiger partial charge in [0.15, 0.2) is 0 Å². The van der Waals surface area contributed by atoms with Gasteiger partial charge in [0.2, 0.25) is 0 Å². The minimum Gasteiger partial charge on any atom is -0.350 e. The molecule has 2 heterocycles. The summed E-state index contributed by atoms with van der Waals surface area (Å²) in [5, 5.41) is 13.3. The Hall–Kier alpha value is -2.25. The van der Waals surface area contributed by atoms with Crippen molar-refractivity contribution in [1.82, 2.24) is 25.2 Å². The molecule has 6 nitrogen and oxygen atoms in total. The Morgan fingerprint density at radius 1 is 1.38 bits per heavy atom. The molecule has 0 radical (unpaired) electrons. The fourth-order valence-corrected chi connectivity index (χ4v) is 3.58. The second kappa shape index (κ2) is 7.11. The highest BCUT2D eigenvalue weighted by Gasteiger charge is 2.17. The number of thiophene rings is 1. The van der Waals surface area contributed by atoms with Gasteiger partial charge in [-0.3, -0.25) is 4.79 Å². The molecule has 3 aromatic rings. The van der Waals surface area contributed by atoms with Gasteiger partial charge in [-0.25, -0.2) is 4.68 Å². The maximum Gasteiger partial charge on any atom is 0.251 e. The third-order valence-corrected chi connectivity index (χ3v) is 5.00. The molecule has 1 N–H and O–H groups in total. The van der Waals surface area contributed by atoms with Gasteiger partial charge in [0.05, 0.1) is 11.6 Å². The summed E-state index contributed by atoms with van der Waals surface area (Å²) in [6.45, 7) is 3.33. The molecule has 1 aromatic carbocycles. The van der Waals surface area contributed by atoms with E-state index in [1.807, 2.05) is 43.9 Å². The monoisotopic (exact) mass is 343 g/mol. The molecule has 126 valence electrons. The molecule has 0 fully saturated rings. The summed E-state index contributed by atoms with van der Waals surface area (Å²) in [7, 11) is 4.04. The molecule has 0 spiro atoms. The van der Waals surface area contributed by atoms with Crippen molar-refractivity contribution in [3.05, 3.63) is 46.2 Å². The lowest BCUT2D eigenvalue weighted by molar-refractivity contribution is 0.0942. The van der Waals surface area contributed by atoms with E-state index in [9.17, 15) is 4.79 Å². The van der Waals surface area contributed by atoms with E-state index in [2.05, 4.69) is 32.0 Å². The van der Waals surface area contributed by atoms with Crippen LogP contribution in [-0.4, -0.2) is 46.4 Å². The zero-order valence-electron chi connectivity index (χ0n) is 14.1. The van der Waals surface area contributed by atoms with Crippen LogP contribution in [0, 0.1) is 0 Å². The van der Waals surface area contributed by atoms with Crippen LogP contribution in [-0.2, 0) is 6.54 Å². The first-order valence-corrected chi connectivity index (χ1v) is 8.79. The van der Waals surface area contributed by atoms with Gasteiger partial charge in [0.25, 0.3) is 5.91 Å². The van der Waals surface area contributed by atoms with Crippen LogP contribution in [0.1, 0.15) is 28.2 Å². The number of hydrogen-bond acceptors (Lipinski definition) is 5. The maximum atomic E-state index is 12.5. The number of aryl methyl sites for hydroxylation is 1. The van der Waals surface area contributed by atoms with Gasteiger partial charge in [-0.15, -0.1) is 16.4 Å². The fraction of sp³-hybridized carbons (Fsp3) is 0.353. The normalized spacial score (nSPS) is 12.7. The number of aromatic nitrogens is 3. The molecule has 0 saturated heterocycles. The van der Waals surface area contributed by atoms with E-state index < -0.39 is 0 Å². The second-order valence-electron chi connectivity index (χ2n) is 5.81. The summed E-state index contributed by atoms with van der Waals surface area (Å²) < 4.78 is 1.82. The molecule has 0 bridgehead atoms. The molecule has 3 rings (SSSR count). The van der Waals surface area contributed by atoms with Crippen LogP contribution < -0.4 is 5.32 Å². The van der Waals surface area contributed by atoms with E-state index >= 15 is 0 Å². The average Bonchev–Trinajstić information content (AvgIpc) is 3.23. The molecule has 1 amide bonds. The zero-order chi connectivity index (χ0) is 17.1. The summed E-state index contributed by atoms with van der Waals surface area (Å²) in [6, 6.07) is 9.80. The Labute approximate surface area is 145 Å². The Bertz CT molecular complexity index is 825. The lowest BCUT2D eigenvalue weighted by atomic mass is 10.1. The molecule has 0 saturated carbocycles. The van der Waals surface area contributed by atoms with Crippen molar-refractivity contribution in [1.29, 1.82) is 0 Å². The molecule has 2 aromatic heterocycles. The van der Waals surface area contributed by atoms with E-state index in [1.165, 1.54) is 4.88 Å². The average molecular weight is 343 g/mol. The number of likely N-dealkylation sites (N-methyl/N-ethyl adjacent to an activating group) is 1. The molecule has 1 atom stereocenters. The summed E-state index contributed by atoms with van der Waals surface area (Å²) in [5.74, 6) is -0.0913. The molecule has 0 unspecified atom stereocenters. The summed E-state index contributed by atoms with van der Waals surface area (Å²) in [6.07, 6.45) is 0. The van der Waals surface area contributed by atoms with Crippen molar-refractivity contribution < 1.29 is 4.79 Å². The fourth-order valence-electron chi connectivity index (χ4n) is 2.66. The quantitative estimate of drug-likeness (QED) is 0.747. The standard InChI is InChI=1S/C17H21N5OS/c1-4-22-14-8-7-12(10-13(14)19-20-22)17(23)18-11-15(21(2)3)16-6-5-9-24-16/h5-10,15H,4,11H2,1-3H3,(H,18,23)/t15-/m0/s1. The van der Waals surface area contributed by atoms with E-state index in [-0.39, 0.29) is 11.9 Å². The van der Waals surface area contributed by atoms with Crippen molar-refractivity contribution in [2.24, 2.45) is 0 Å². The van der Waals surface area contributed by atoms with E-state index in [0.29, 0.717) is 12.1 Å². The number of fused-ring (bicyclic) bond motifs is 1. The first kappa shape index (κ1) is 16.6. The minimum absolute atomic E-state index is 0.0913. The Morgan fingerprint density at radius 3 is 2.88 bits per heavy atom. The highest BCUT2D eigenvalue weighted by atomic mass is 32.1. The van der Waals surface area contributed by atoms with Crippen molar-refractivity contribution in [3.63, 3.8) is 0 Å². The number of nitrogens with zero attached hydrogens (tertiary/aromatic N) is 4. The van der Waals surface area contributed by atoms with Crippen molar-refractivity contribution >= 4 is 28.3 Å². The van der Waals surface area contributed by atoms with E-state index in [1.54, 1.807) is 17.4 Å². The molecule has 7 heteroatoms. The molecule has 0 aliphatic carbocycles. The van der Waals surface area contributed by atoms with Crippen LogP contribution >= 0.6 is 11.3 Å². The van der Waals surface area contributed by atoms with Crippen molar-refractivity contribution in [2.45, 2.75) is 19.5 Å². The van der Waals surface area contributed by atoms with Gasteiger partial charge in [-0.1, -0.05) is 11.3 Å². The third-order valence-electron chi connectivity index (χ3n) is 4.03. The number of benzene rings is 1.